The fourth-order valence-electron chi connectivity index (χ4n) is 4.89. The summed E-state index contributed by atoms with van der Waals surface area (Å²) in [4.78, 5) is 56.0. The second-order valence-electron chi connectivity index (χ2n) is 10.2. The Bertz CT molecular complexity index is 979. The maximum atomic E-state index is 13.3. The lowest BCUT2D eigenvalue weighted by Gasteiger charge is -2.48. The van der Waals surface area contributed by atoms with E-state index < -0.39 is 11.3 Å². The van der Waals surface area contributed by atoms with Crippen LogP contribution >= 0.6 is 0 Å². The molecule has 9 nitrogen and oxygen atoms in total. The normalized spacial score (nSPS) is 23.3. The summed E-state index contributed by atoms with van der Waals surface area (Å²) in [5.41, 5.74) is -0.366. The smallest absolute Gasteiger partial charge is 0.410 e. The van der Waals surface area contributed by atoms with Crippen molar-refractivity contribution in [1.82, 2.24) is 15.1 Å². The lowest BCUT2D eigenvalue weighted by molar-refractivity contribution is -0.124. The lowest BCUT2D eigenvalue weighted by Crippen LogP contribution is -2.64. The summed E-state index contributed by atoms with van der Waals surface area (Å²) >= 11 is 0. The van der Waals surface area contributed by atoms with Gasteiger partial charge in [-0.2, -0.15) is 0 Å². The van der Waals surface area contributed by atoms with Crippen molar-refractivity contribution >= 4 is 29.5 Å². The summed E-state index contributed by atoms with van der Waals surface area (Å²) in [6.45, 7) is 8.21. The van der Waals surface area contributed by atoms with E-state index in [0.717, 1.165) is 0 Å². The van der Waals surface area contributed by atoms with E-state index in [1.165, 1.54) is 4.90 Å². The van der Waals surface area contributed by atoms with Gasteiger partial charge in [0.2, 0.25) is 11.8 Å². The van der Waals surface area contributed by atoms with Crippen molar-refractivity contribution in [3.8, 4) is 0 Å². The number of fused-ring (bicyclic) bond motifs is 3. The molecule has 1 N–H and O–H groups in total. The second-order valence-corrected chi connectivity index (χ2v) is 10.2. The van der Waals surface area contributed by atoms with Gasteiger partial charge in [0, 0.05) is 25.6 Å². The third kappa shape index (κ3) is 4.41. The fraction of sp³-hybridized carbons (Fsp3) is 0.583. The first-order valence-corrected chi connectivity index (χ1v) is 11.5. The number of nitrogens with one attached hydrogen (secondary N) is 1. The fourth-order valence-corrected chi connectivity index (χ4v) is 4.89. The predicted octanol–water partition coefficient (Wildman–Crippen LogP) is 2.50. The molecular formula is C24H32N4O5. The molecule has 1 aromatic carbocycles. The zero-order chi connectivity index (χ0) is 24.0. The van der Waals surface area contributed by atoms with E-state index in [4.69, 9.17) is 4.74 Å². The maximum Gasteiger partial charge on any atom is 0.410 e. The number of carbonyl (C=O) groups excluding carboxylic acids is 4. The van der Waals surface area contributed by atoms with Crippen LogP contribution in [0.15, 0.2) is 24.3 Å². The molecule has 1 atom stereocenters. The van der Waals surface area contributed by atoms with Crippen molar-refractivity contribution < 1.29 is 23.9 Å². The Morgan fingerprint density at radius 3 is 2.48 bits per heavy atom. The molecule has 2 saturated heterocycles. The van der Waals surface area contributed by atoms with E-state index in [9.17, 15) is 19.2 Å². The zero-order valence-electron chi connectivity index (χ0n) is 19.7. The maximum absolute atomic E-state index is 13.3. The Morgan fingerprint density at radius 1 is 1.15 bits per heavy atom. The molecule has 0 aliphatic carbocycles. The number of rotatable bonds is 3. The van der Waals surface area contributed by atoms with Crippen LogP contribution < -0.4 is 10.2 Å². The average molecular weight is 457 g/mol. The molecular weight excluding hydrogens is 424 g/mol. The Kier molecular flexibility index (Phi) is 5.84. The van der Waals surface area contributed by atoms with Crippen molar-refractivity contribution in [2.75, 3.05) is 24.5 Å². The molecule has 1 unspecified atom stereocenters. The summed E-state index contributed by atoms with van der Waals surface area (Å²) in [5, 5.41) is 3.01. The van der Waals surface area contributed by atoms with Crippen LogP contribution in [0.25, 0.3) is 0 Å². The van der Waals surface area contributed by atoms with Gasteiger partial charge in [0.25, 0.3) is 5.91 Å². The van der Waals surface area contributed by atoms with Gasteiger partial charge in [0.1, 0.15) is 17.8 Å². The molecule has 0 aromatic heterocycles. The molecule has 3 heterocycles. The number of nitrogens with zero attached hydrogens (tertiary/aromatic N) is 3. The van der Waals surface area contributed by atoms with Crippen LogP contribution in [0.4, 0.5) is 10.5 Å². The van der Waals surface area contributed by atoms with E-state index in [-0.39, 0.29) is 36.4 Å². The van der Waals surface area contributed by atoms with Gasteiger partial charge in [-0.3, -0.25) is 19.3 Å². The van der Waals surface area contributed by atoms with E-state index in [1.54, 1.807) is 28.0 Å². The molecule has 3 aliphatic heterocycles. The van der Waals surface area contributed by atoms with Crippen LogP contribution in [0.1, 0.15) is 63.7 Å². The number of para-hydroxylation sites is 1. The molecule has 4 amide bonds. The summed E-state index contributed by atoms with van der Waals surface area (Å²) in [5.74, 6) is -0.551. The van der Waals surface area contributed by atoms with Crippen LogP contribution in [0.3, 0.4) is 0 Å². The van der Waals surface area contributed by atoms with Crippen LogP contribution in [0.5, 0.6) is 0 Å². The number of amides is 4. The average Bonchev–Trinajstić information content (AvgIpc) is 3.06. The van der Waals surface area contributed by atoms with Gasteiger partial charge in [-0.15, -0.1) is 0 Å². The number of hydrogen-bond donors (Lipinski definition) is 1. The highest BCUT2D eigenvalue weighted by molar-refractivity contribution is 6.11. The molecule has 0 radical (unpaired) electrons. The third-order valence-electron chi connectivity index (χ3n) is 6.56. The number of piperidine rings is 1. The van der Waals surface area contributed by atoms with Crippen LogP contribution in [-0.2, 0) is 14.3 Å². The van der Waals surface area contributed by atoms with Gasteiger partial charge in [-0.25, -0.2) is 4.79 Å². The van der Waals surface area contributed by atoms with Crippen molar-refractivity contribution in [3.63, 3.8) is 0 Å². The van der Waals surface area contributed by atoms with E-state index in [2.05, 4.69) is 5.32 Å². The Balaban J connectivity index is 1.40. The van der Waals surface area contributed by atoms with Crippen LogP contribution in [0.2, 0.25) is 0 Å². The first-order valence-electron chi connectivity index (χ1n) is 11.5. The van der Waals surface area contributed by atoms with Gasteiger partial charge in [0.15, 0.2) is 0 Å². The standard InChI is InChI=1S/C24H32N4O5/c1-23(2,3)33-22(32)26-13-10-16(11-14-26)25-19(29)15-27-21(31)17-7-5-6-8-18(17)28-20(30)9-12-24(27,28)4/h5-8,16H,9-15H2,1-4H3,(H,25,29). The van der Waals surface area contributed by atoms with Crippen LogP contribution in [-0.4, -0.2) is 70.6 Å². The van der Waals surface area contributed by atoms with Crippen molar-refractivity contribution in [2.24, 2.45) is 0 Å². The summed E-state index contributed by atoms with van der Waals surface area (Å²) < 4.78 is 5.42. The summed E-state index contributed by atoms with van der Waals surface area (Å²) in [6, 6.07) is 6.96. The first kappa shape index (κ1) is 23.1. The van der Waals surface area contributed by atoms with E-state index in [1.807, 2.05) is 33.8 Å². The zero-order valence-corrected chi connectivity index (χ0v) is 19.7. The number of benzene rings is 1. The molecule has 0 bridgehead atoms. The molecule has 9 heteroatoms. The van der Waals surface area contributed by atoms with Crippen LogP contribution in [0, 0.1) is 0 Å². The molecule has 33 heavy (non-hydrogen) atoms. The predicted molar refractivity (Wildman–Crippen MR) is 122 cm³/mol. The van der Waals surface area contributed by atoms with Gasteiger partial charge in [-0.1, -0.05) is 12.1 Å². The molecule has 1 aromatic rings. The van der Waals surface area contributed by atoms with Crippen molar-refractivity contribution in [1.29, 1.82) is 0 Å². The largest absolute Gasteiger partial charge is 0.444 e. The number of hydrogen-bond acceptors (Lipinski definition) is 5. The van der Waals surface area contributed by atoms with Gasteiger partial charge in [-0.05, 0) is 59.1 Å². The highest BCUT2D eigenvalue weighted by Crippen LogP contribution is 2.43. The Labute approximate surface area is 194 Å². The third-order valence-corrected chi connectivity index (χ3v) is 6.56. The SMILES string of the molecule is CC(C)(C)OC(=O)N1CCC(NC(=O)CN2C(=O)c3ccccc3N3C(=O)CCC23C)CC1. The minimum absolute atomic E-state index is 0.0441. The minimum atomic E-state index is -0.861. The van der Waals surface area contributed by atoms with Crippen molar-refractivity contribution in [3.05, 3.63) is 29.8 Å². The molecule has 178 valence electrons. The summed E-state index contributed by atoms with van der Waals surface area (Å²) in [6.07, 6.45) is 1.70. The van der Waals surface area contributed by atoms with E-state index in [0.29, 0.717) is 50.0 Å². The van der Waals surface area contributed by atoms with E-state index >= 15 is 0 Å². The molecule has 2 fully saturated rings. The van der Waals surface area contributed by atoms with Gasteiger partial charge < -0.3 is 19.9 Å². The monoisotopic (exact) mass is 456 g/mol. The molecule has 0 saturated carbocycles. The topological polar surface area (TPSA) is 99.3 Å². The van der Waals surface area contributed by atoms with Gasteiger partial charge >= 0.3 is 6.09 Å². The van der Waals surface area contributed by atoms with Crippen molar-refractivity contribution in [2.45, 2.75) is 70.7 Å². The lowest BCUT2D eigenvalue weighted by atomic mass is 9.98. The quantitative estimate of drug-likeness (QED) is 0.754. The Hall–Kier alpha value is -3.10. The number of carbonyl (C=O) groups is 4. The first-order chi connectivity index (χ1) is 15.5. The highest BCUT2D eigenvalue weighted by Gasteiger charge is 2.53. The summed E-state index contributed by atoms with van der Waals surface area (Å²) in [7, 11) is 0. The minimum Gasteiger partial charge on any atom is -0.444 e. The molecule has 4 rings (SSSR count). The highest BCUT2D eigenvalue weighted by atomic mass is 16.6. The molecule has 0 spiro atoms. The second kappa shape index (κ2) is 8.35. The number of anilines is 1. The van der Waals surface area contributed by atoms with Gasteiger partial charge in [0.05, 0.1) is 11.3 Å². The number of ether oxygens (including phenoxy) is 1. The number of likely N-dealkylation sites (tertiary alicyclic amines) is 1. The Morgan fingerprint density at radius 2 is 1.82 bits per heavy atom. The molecule has 3 aliphatic rings.